The van der Waals surface area contributed by atoms with Crippen LogP contribution in [-0.2, 0) is 0 Å². The highest BCUT2D eigenvalue weighted by Gasteiger charge is 2.19. The molecule has 2 rings (SSSR count). The normalized spacial score (nSPS) is 17.6. The van der Waals surface area contributed by atoms with Gasteiger partial charge in [0.1, 0.15) is 5.60 Å². The molecule has 0 amide bonds. The zero-order valence-corrected chi connectivity index (χ0v) is 12.9. The van der Waals surface area contributed by atoms with E-state index < -0.39 is 0 Å². The Bertz CT molecular complexity index is 448. The number of aromatic nitrogens is 1. The molecule has 1 aromatic rings. The van der Waals surface area contributed by atoms with Crippen LogP contribution in [0.15, 0.2) is 30.4 Å². The fourth-order valence-electron chi connectivity index (χ4n) is 2.54. The second kappa shape index (κ2) is 6.89. The van der Waals surface area contributed by atoms with E-state index in [1.807, 2.05) is 6.07 Å². The molecule has 2 heterocycles. The number of rotatable bonds is 5. The summed E-state index contributed by atoms with van der Waals surface area (Å²) in [4.78, 5) is 4.71. The summed E-state index contributed by atoms with van der Waals surface area (Å²) in [6.45, 7) is 8.43. The molecule has 0 aromatic carbocycles. The average Bonchev–Trinajstić information content (AvgIpc) is 2.46. The summed E-state index contributed by atoms with van der Waals surface area (Å²) < 4.78 is 6.02. The zero-order chi connectivity index (χ0) is 14.4. The highest BCUT2D eigenvalue weighted by molar-refractivity contribution is 5.20. The van der Waals surface area contributed by atoms with Crippen LogP contribution in [0.25, 0.3) is 0 Å². The first-order chi connectivity index (χ1) is 9.61. The van der Waals surface area contributed by atoms with Crippen molar-refractivity contribution in [3.05, 3.63) is 36.0 Å². The lowest BCUT2D eigenvalue weighted by molar-refractivity contribution is 0.153. The SMILES string of the molecule is CC/C=C\C(C)(C)Oc1cccc(C2CCNCC2)n1. The fraction of sp³-hybridized carbons (Fsp3) is 0.588. The topological polar surface area (TPSA) is 34.1 Å². The maximum Gasteiger partial charge on any atom is 0.214 e. The van der Waals surface area contributed by atoms with Gasteiger partial charge in [-0.3, -0.25) is 0 Å². The molecule has 0 aliphatic carbocycles. The van der Waals surface area contributed by atoms with Crippen molar-refractivity contribution in [2.24, 2.45) is 0 Å². The molecule has 0 radical (unpaired) electrons. The fourth-order valence-corrected chi connectivity index (χ4v) is 2.54. The Labute approximate surface area is 122 Å². The molecule has 1 fully saturated rings. The monoisotopic (exact) mass is 274 g/mol. The van der Waals surface area contributed by atoms with Crippen LogP contribution >= 0.6 is 0 Å². The smallest absolute Gasteiger partial charge is 0.214 e. The molecule has 0 unspecified atom stereocenters. The molecule has 1 aromatic heterocycles. The van der Waals surface area contributed by atoms with E-state index in [0.717, 1.165) is 38.2 Å². The molecule has 110 valence electrons. The Hall–Kier alpha value is -1.35. The maximum atomic E-state index is 6.02. The maximum absolute atomic E-state index is 6.02. The molecule has 0 bridgehead atoms. The van der Waals surface area contributed by atoms with Crippen LogP contribution in [0.1, 0.15) is 51.6 Å². The summed E-state index contributed by atoms with van der Waals surface area (Å²) in [6, 6.07) is 6.13. The van der Waals surface area contributed by atoms with Crippen LogP contribution in [0.4, 0.5) is 0 Å². The molecule has 3 nitrogen and oxygen atoms in total. The van der Waals surface area contributed by atoms with E-state index in [2.05, 4.69) is 50.4 Å². The lowest BCUT2D eigenvalue weighted by Gasteiger charge is -2.25. The van der Waals surface area contributed by atoms with Crippen LogP contribution in [0.2, 0.25) is 0 Å². The van der Waals surface area contributed by atoms with Crippen LogP contribution in [0.5, 0.6) is 5.88 Å². The van der Waals surface area contributed by atoms with Crippen molar-refractivity contribution in [2.75, 3.05) is 13.1 Å². The zero-order valence-electron chi connectivity index (χ0n) is 12.9. The number of allylic oxidation sites excluding steroid dienone is 1. The van der Waals surface area contributed by atoms with Gasteiger partial charge in [-0.25, -0.2) is 4.98 Å². The van der Waals surface area contributed by atoms with E-state index in [-0.39, 0.29) is 5.60 Å². The van der Waals surface area contributed by atoms with Gasteiger partial charge in [-0.1, -0.05) is 19.1 Å². The van der Waals surface area contributed by atoms with Crippen molar-refractivity contribution in [3.63, 3.8) is 0 Å². The molecule has 0 saturated carbocycles. The first kappa shape index (κ1) is 15.0. The summed E-state index contributed by atoms with van der Waals surface area (Å²) in [5.41, 5.74) is 0.856. The van der Waals surface area contributed by atoms with Crippen LogP contribution in [0.3, 0.4) is 0 Å². The third-order valence-electron chi connectivity index (χ3n) is 3.63. The predicted molar refractivity (Wildman–Crippen MR) is 83.2 cm³/mol. The molecular formula is C17H26N2O. The van der Waals surface area contributed by atoms with Crippen molar-refractivity contribution in [1.82, 2.24) is 10.3 Å². The number of hydrogen-bond donors (Lipinski definition) is 1. The van der Waals surface area contributed by atoms with Gasteiger partial charge in [0, 0.05) is 17.7 Å². The minimum atomic E-state index is -0.310. The number of hydrogen-bond acceptors (Lipinski definition) is 3. The molecule has 0 spiro atoms. The second-order valence-corrected chi connectivity index (χ2v) is 5.94. The van der Waals surface area contributed by atoms with E-state index in [1.54, 1.807) is 0 Å². The molecule has 1 aliphatic heterocycles. The predicted octanol–water partition coefficient (Wildman–Crippen LogP) is 3.67. The second-order valence-electron chi connectivity index (χ2n) is 5.94. The Morgan fingerprint density at radius 2 is 2.10 bits per heavy atom. The van der Waals surface area contributed by atoms with Crippen LogP contribution in [0, 0.1) is 0 Å². The summed E-state index contributed by atoms with van der Waals surface area (Å²) in [5, 5.41) is 3.39. The average molecular weight is 274 g/mol. The molecular weight excluding hydrogens is 248 g/mol. The molecule has 1 aliphatic rings. The van der Waals surface area contributed by atoms with Crippen LogP contribution < -0.4 is 10.1 Å². The molecule has 1 N–H and O–H groups in total. The van der Waals surface area contributed by atoms with Gasteiger partial charge in [0.25, 0.3) is 0 Å². The van der Waals surface area contributed by atoms with Crippen molar-refractivity contribution in [2.45, 2.75) is 51.6 Å². The summed E-state index contributed by atoms with van der Waals surface area (Å²) in [5.74, 6) is 1.29. The molecule has 1 saturated heterocycles. The lowest BCUT2D eigenvalue weighted by Crippen LogP contribution is -2.28. The summed E-state index contributed by atoms with van der Waals surface area (Å²) in [6.07, 6.45) is 7.59. The lowest BCUT2D eigenvalue weighted by atomic mass is 9.94. The molecule has 20 heavy (non-hydrogen) atoms. The number of piperidine rings is 1. The van der Waals surface area contributed by atoms with Crippen molar-refractivity contribution >= 4 is 0 Å². The summed E-state index contributed by atoms with van der Waals surface area (Å²) in [7, 11) is 0. The Morgan fingerprint density at radius 1 is 1.35 bits per heavy atom. The van der Waals surface area contributed by atoms with Crippen molar-refractivity contribution in [1.29, 1.82) is 0 Å². The van der Waals surface area contributed by atoms with Crippen molar-refractivity contribution < 1.29 is 4.74 Å². The van der Waals surface area contributed by atoms with E-state index in [9.17, 15) is 0 Å². The highest BCUT2D eigenvalue weighted by atomic mass is 16.5. The number of pyridine rings is 1. The minimum absolute atomic E-state index is 0.310. The van der Waals surface area contributed by atoms with E-state index in [1.165, 1.54) is 5.69 Å². The van der Waals surface area contributed by atoms with E-state index >= 15 is 0 Å². The number of nitrogens with zero attached hydrogens (tertiary/aromatic N) is 1. The van der Waals surface area contributed by atoms with Crippen molar-refractivity contribution in [3.8, 4) is 5.88 Å². The summed E-state index contributed by atoms with van der Waals surface area (Å²) >= 11 is 0. The minimum Gasteiger partial charge on any atom is -0.467 e. The van der Waals surface area contributed by atoms with Gasteiger partial charge >= 0.3 is 0 Å². The Morgan fingerprint density at radius 3 is 2.80 bits per heavy atom. The van der Waals surface area contributed by atoms with Gasteiger partial charge in [-0.15, -0.1) is 0 Å². The first-order valence-electron chi connectivity index (χ1n) is 7.65. The van der Waals surface area contributed by atoms with E-state index in [0.29, 0.717) is 5.92 Å². The number of nitrogens with one attached hydrogen (secondary N) is 1. The molecule has 0 atom stereocenters. The first-order valence-corrected chi connectivity index (χ1v) is 7.65. The van der Waals surface area contributed by atoms with Crippen LogP contribution in [-0.4, -0.2) is 23.7 Å². The number of ether oxygens (including phenoxy) is 1. The van der Waals surface area contributed by atoms with Gasteiger partial charge < -0.3 is 10.1 Å². The van der Waals surface area contributed by atoms with E-state index in [4.69, 9.17) is 9.72 Å². The standard InChI is InChI=1S/C17H26N2O/c1-4-5-11-17(2,3)20-16-8-6-7-15(19-16)14-9-12-18-13-10-14/h5-8,11,14,18H,4,9-10,12-13H2,1-3H3/b11-5-. The van der Waals surface area contributed by atoms with Gasteiger partial charge in [0.2, 0.25) is 5.88 Å². The third-order valence-corrected chi connectivity index (χ3v) is 3.63. The molecule has 3 heteroatoms. The Kier molecular flexibility index (Phi) is 5.18. The Balaban J connectivity index is 2.07. The van der Waals surface area contributed by atoms with Gasteiger partial charge in [0.05, 0.1) is 0 Å². The van der Waals surface area contributed by atoms with Gasteiger partial charge in [-0.2, -0.15) is 0 Å². The third kappa shape index (κ3) is 4.34. The van der Waals surface area contributed by atoms with Gasteiger partial charge in [-0.05, 0) is 58.3 Å². The quantitative estimate of drug-likeness (QED) is 0.832. The van der Waals surface area contributed by atoms with Gasteiger partial charge in [0.15, 0.2) is 0 Å². The highest BCUT2D eigenvalue weighted by Crippen LogP contribution is 2.26. The largest absolute Gasteiger partial charge is 0.467 e.